The maximum absolute atomic E-state index is 13.0. The fraction of sp³-hybridized carbons (Fsp3) is 0.0909. The van der Waals surface area contributed by atoms with Crippen molar-refractivity contribution in [3.05, 3.63) is 89.1 Å². The van der Waals surface area contributed by atoms with E-state index in [0.717, 1.165) is 10.6 Å². The van der Waals surface area contributed by atoms with Gasteiger partial charge in [-0.25, -0.2) is 4.79 Å². The van der Waals surface area contributed by atoms with E-state index in [4.69, 9.17) is 9.26 Å². The number of aromatic nitrogens is 2. The Kier molecular flexibility index (Phi) is 5.67. The molecule has 2 aromatic carbocycles. The lowest BCUT2D eigenvalue weighted by atomic mass is 10.1. The Hall–Kier alpha value is -3.78. The number of nitrogens with zero attached hydrogens (tertiary/aromatic N) is 3. The summed E-state index contributed by atoms with van der Waals surface area (Å²) in [6.45, 7) is -0.186. The molecule has 150 valence electrons. The van der Waals surface area contributed by atoms with Gasteiger partial charge in [0.05, 0.1) is 16.0 Å². The molecule has 0 N–H and O–H groups in total. The molecule has 0 aliphatic carbocycles. The molecule has 0 aliphatic rings. The molecule has 0 radical (unpaired) electrons. The molecule has 0 bridgehead atoms. The molecule has 2 heterocycles. The van der Waals surface area contributed by atoms with Gasteiger partial charge in [0.1, 0.15) is 0 Å². The number of rotatable bonds is 6. The summed E-state index contributed by atoms with van der Waals surface area (Å²) in [4.78, 5) is 32.2. The van der Waals surface area contributed by atoms with Gasteiger partial charge in [-0.2, -0.15) is 4.98 Å². The van der Waals surface area contributed by atoms with Crippen LogP contribution in [0, 0.1) is 0 Å². The van der Waals surface area contributed by atoms with Crippen molar-refractivity contribution < 1.29 is 18.8 Å². The summed E-state index contributed by atoms with van der Waals surface area (Å²) < 4.78 is 10.5. The number of benzene rings is 2. The smallest absolute Gasteiger partial charge is 0.339 e. The van der Waals surface area contributed by atoms with Crippen molar-refractivity contribution in [2.45, 2.75) is 6.61 Å². The van der Waals surface area contributed by atoms with Gasteiger partial charge in [0.15, 0.2) is 6.61 Å². The Labute approximate surface area is 176 Å². The molecule has 4 rings (SSSR count). The van der Waals surface area contributed by atoms with Crippen molar-refractivity contribution in [1.29, 1.82) is 0 Å². The van der Waals surface area contributed by atoms with Crippen LogP contribution in [-0.4, -0.2) is 29.1 Å². The van der Waals surface area contributed by atoms with E-state index in [1.807, 2.05) is 47.8 Å². The van der Waals surface area contributed by atoms with Gasteiger partial charge in [-0.05, 0) is 35.7 Å². The lowest BCUT2D eigenvalue weighted by Crippen LogP contribution is -2.28. The summed E-state index contributed by atoms with van der Waals surface area (Å²) in [5, 5.41) is 5.79. The zero-order chi connectivity index (χ0) is 20.9. The second-order valence-electron chi connectivity index (χ2n) is 6.31. The Bertz CT molecular complexity index is 1160. The van der Waals surface area contributed by atoms with E-state index in [1.54, 1.807) is 31.3 Å². The number of esters is 1. The minimum Gasteiger partial charge on any atom is -0.452 e. The van der Waals surface area contributed by atoms with Crippen LogP contribution in [0.5, 0.6) is 0 Å². The summed E-state index contributed by atoms with van der Waals surface area (Å²) >= 11 is 1.48. The van der Waals surface area contributed by atoms with Gasteiger partial charge < -0.3 is 14.2 Å². The molecule has 2 aromatic heterocycles. The highest BCUT2D eigenvalue weighted by molar-refractivity contribution is 7.13. The van der Waals surface area contributed by atoms with Crippen molar-refractivity contribution in [1.82, 2.24) is 10.1 Å². The van der Waals surface area contributed by atoms with Gasteiger partial charge in [0, 0.05) is 12.7 Å². The Morgan fingerprint density at radius 3 is 2.47 bits per heavy atom. The molecule has 0 atom stereocenters. The third kappa shape index (κ3) is 4.13. The molecule has 0 unspecified atom stereocenters. The van der Waals surface area contributed by atoms with E-state index in [1.165, 1.54) is 16.2 Å². The average Bonchev–Trinajstić information content (AvgIpc) is 3.49. The topological polar surface area (TPSA) is 85.5 Å². The molecule has 30 heavy (non-hydrogen) atoms. The van der Waals surface area contributed by atoms with Crippen molar-refractivity contribution in [2.24, 2.45) is 0 Å². The molecule has 0 spiro atoms. The number of carbonyl (C=O) groups is 2. The van der Waals surface area contributed by atoms with Gasteiger partial charge in [-0.3, -0.25) is 4.79 Å². The number of ether oxygens (including phenoxy) is 1. The molecule has 4 aromatic rings. The van der Waals surface area contributed by atoms with Crippen LogP contribution in [0.25, 0.3) is 10.7 Å². The standard InChI is InChI=1S/C22H17N3O4S/c1-25(15-8-3-2-4-9-15)21(26)16-10-5-6-11-17(16)22(27)28-14-19-23-20(24-29-19)18-12-7-13-30-18/h2-13H,14H2,1H3. The average molecular weight is 419 g/mol. The molecule has 1 amide bonds. The zero-order valence-corrected chi connectivity index (χ0v) is 16.8. The minimum atomic E-state index is -0.642. The van der Waals surface area contributed by atoms with Crippen LogP contribution in [0.1, 0.15) is 26.6 Å². The molecule has 0 fully saturated rings. The normalized spacial score (nSPS) is 10.6. The number of thiophene rings is 1. The summed E-state index contributed by atoms with van der Waals surface area (Å²) in [6, 6.07) is 19.5. The molecular weight excluding hydrogens is 402 g/mol. The first kappa shape index (κ1) is 19.5. The number of hydrogen-bond acceptors (Lipinski definition) is 7. The molecule has 0 saturated carbocycles. The molecule has 0 aliphatic heterocycles. The van der Waals surface area contributed by atoms with E-state index >= 15 is 0 Å². The first-order chi connectivity index (χ1) is 14.6. The first-order valence-electron chi connectivity index (χ1n) is 9.09. The number of para-hydroxylation sites is 1. The minimum absolute atomic E-state index is 0.170. The quantitative estimate of drug-likeness (QED) is 0.430. The number of amides is 1. The monoisotopic (exact) mass is 419 g/mol. The first-order valence-corrected chi connectivity index (χ1v) is 9.97. The van der Waals surface area contributed by atoms with E-state index in [0.29, 0.717) is 5.82 Å². The third-order valence-corrected chi connectivity index (χ3v) is 5.23. The highest BCUT2D eigenvalue weighted by Gasteiger charge is 2.22. The van der Waals surface area contributed by atoms with E-state index in [2.05, 4.69) is 10.1 Å². The predicted molar refractivity (Wildman–Crippen MR) is 112 cm³/mol. The zero-order valence-electron chi connectivity index (χ0n) is 16.0. The van der Waals surface area contributed by atoms with Crippen LogP contribution < -0.4 is 4.90 Å². The largest absolute Gasteiger partial charge is 0.452 e. The highest BCUT2D eigenvalue weighted by Crippen LogP contribution is 2.22. The summed E-state index contributed by atoms with van der Waals surface area (Å²) in [5.41, 5.74) is 1.14. The van der Waals surface area contributed by atoms with Gasteiger partial charge in [0.25, 0.3) is 11.8 Å². The van der Waals surface area contributed by atoms with Crippen LogP contribution >= 0.6 is 11.3 Å². The second-order valence-corrected chi connectivity index (χ2v) is 7.26. The summed E-state index contributed by atoms with van der Waals surface area (Å²) in [7, 11) is 1.66. The molecule has 7 nitrogen and oxygen atoms in total. The van der Waals surface area contributed by atoms with Crippen LogP contribution in [0.3, 0.4) is 0 Å². The lowest BCUT2D eigenvalue weighted by molar-refractivity contribution is 0.0427. The van der Waals surface area contributed by atoms with Crippen LogP contribution in [0.4, 0.5) is 5.69 Å². The fourth-order valence-electron chi connectivity index (χ4n) is 2.82. The maximum Gasteiger partial charge on any atom is 0.339 e. The van der Waals surface area contributed by atoms with Crippen LogP contribution in [0.15, 0.2) is 76.6 Å². The maximum atomic E-state index is 13.0. The number of hydrogen-bond donors (Lipinski definition) is 0. The second kappa shape index (κ2) is 8.71. The predicted octanol–water partition coefficient (Wildman–Crippen LogP) is 4.43. The number of anilines is 1. The van der Waals surface area contributed by atoms with Crippen molar-refractivity contribution >= 4 is 28.9 Å². The Balaban J connectivity index is 1.48. The third-order valence-electron chi connectivity index (χ3n) is 4.36. The van der Waals surface area contributed by atoms with E-state index in [-0.39, 0.29) is 29.5 Å². The van der Waals surface area contributed by atoms with Crippen molar-refractivity contribution in [2.75, 3.05) is 11.9 Å². The molecular formula is C22H17N3O4S. The Morgan fingerprint density at radius 2 is 1.73 bits per heavy atom. The lowest BCUT2D eigenvalue weighted by Gasteiger charge is -2.18. The molecule has 0 saturated heterocycles. The SMILES string of the molecule is CN(C(=O)c1ccccc1C(=O)OCc1nc(-c2cccs2)no1)c1ccccc1. The van der Waals surface area contributed by atoms with Crippen molar-refractivity contribution in [3.63, 3.8) is 0 Å². The van der Waals surface area contributed by atoms with Crippen LogP contribution in [0.2, 0.25) is 0 Å². The summed E-state index contributed by atoms with van der Waals surface area (Å²) in [5.74, 6) is -0.337. The van der Waals surface area contributed by atoms with E-state index in [9.17, 15) is 9.59 Å². The van der Waals surface area contributed by atoms with Gasteiger partial charge in [0.2, 0.25) is 5.82 Å². The van der Waals surface area contributed by atoms with E-state index < -0.39 is 5.97 Å². The number of carbonyl (C=O) groups excluding carboxylic acids is 2. The van der Waals surface area contributed by atoms with Gasteiger partial charge in [-0.1, -0.05) is 41.6 Å². The van der Waals surface area contributed by atoms with Crippen molar-refractivity contribution in [3.8, 4) is 10.7 Å². The van der Waals surface area contributed by atoms with Gasteiger partial charge in [-0.15, -0.1) is 11.3 Å². The fourth-order valence-corrected chi connectivity index (χ4v) is 3.47. The Morgan fingerprint density at radius 1 is 1.00 bits per heavy atom. The molecule has 8 heteroatoms. The van der Waals surface area contributed by atoms with Crippen LogP contribution in [-0.2, 0) is 11.3 Å². The summed E-state index contributed by atoms with van der Waals surface area (Å²) in [6.07, 6.45) is 0. The van der Waals surface area contributed by atoms with Gasteiger partial charge >= 0.3 is 5.97 Å². The highest BCUT2D eigenvalue weighted by atomic mass is 32.1.